The molecule has 0 radical (unpaired) electrons. The molecule has 0 aliphatic carbocycles. The second kappa shape index (κ2) is 7.71. The van der Waals surface area contributed by atoms with E-state index in [1.807, 2.05) is 13.8 Å². The normalized spacial score (nSPS) is 15.9. The summed E-state index contributed by atoms with van der Waals surface area (Å²) in [5.74, 6) is 0.862. The molecule has 150 valence electrons. The van der Waals surface area contributed by atoms with Gasteiger partial charge in [-0.25, -0.2) is 8.42 Å². The Bertz CT molecular complexity index is 1000. The smallest absolute Gasteiger partial charge is 0.255 e. The fraction of sp³-hybridized carbons (Fsp3) is 0.350. The van der Waals surface area contributed by atoms with Crippen LogP contribution in [0.15, 0.2) is 36.4 Å². The SMILES string of the molecule is CCOc1ccc(NC(=O)c2ccc3c(c2)C[C@@H](C)N3S(C)(=O)=O)cc1OC. The molecule has 3 rings (SSSR count). The van der Waals surface area contributed by atoms with Gasteiger partial charge in [0, 0.05) is 23.4 Å². The molecule has 7 nitrogen and oxygen atoms in total. The molecular formula is C20H24N2O5S. The van der Waals surface area contributed by atoms with Gasteiger partial charge in [-0.2, -0.15) is 0 Å². The molecule has 0 saturated carbocycles. The van der Waals surface area contributed by atoms with Crippen molar-refractivity contribution in [3.05, 3.63) is 47.5 Å². The zero-order valence-corrected chi connectivity index (χ0v) is 17.2. The van der Waals surface area contributed by atoms with Gasteiger partial charge >= 0.3 is 0 Å². The van der Waals surface area contributed by atoms with Crippen LogP contribution in [0.2, 0.25) is 0 Å². The van der Waals surface area contributed by atoms with Crippen LogP contribution in [-0.4, -0.2) is 40.3 Å². The van der Waals surface area contributed by atoms with E-state index in [9.17, 15) is 13.2 Å². The topological polar surface area (TPSA) is 84.9 Å². The molecule has 1 amide bonds. The van der Waals surface area contributed by atoms with Gasteiger partial charge in [-0.05, 0) is 56.2 Å². The number of rotatable bonds is 6. The third-order valence-electron chi connectivity index (χ3n) is 4.57. The summed E-state index contributed by atoms with van der Waals surface area (Å²) in [5, 5.41) is 2.84. The molecule has 0 bridgehead atoms. The van der Waals surface area contributed by atoms with Crippen LogP contribution < -0.4 is 19.1 Å². The van der Waals surface area contributed by atoms with E-state index in [1.54, 1.807) is 43.5 Å². The molecular weight excluding hydrogens is 380 g/mol. The number of methoxy groups -OCH3 is 1. The number of amides is 1. The predicted molar refractivity (Wildman–Crippen MR) is 109 cm³/mol. The average molecular weight is 404 g/mol. The standard InChI is InChI=1S/C20H24N2O5S/c1-5-27-18-9-7-16(12-19(18)26-3)21-20(23)14-6-8-17-15(11-14)10-13(2)22(17)28(4,24)25/h6-9,11-13H,5,10H2,1-4H3,(H,21,23)/t13-/m1/s1. The summed E-state index contributed by atoms with van der Waals surface area (Å²) < 4.78 is 36.2. The Morgan fingerprint density at radius 1 is 1.21 bits per heavy atom. The van der Waals surface area contributed by atoms with Crippen LogP contribution in [0.5, 0.6) is 11.5 Å². The second-order valence-electron chi connectivity index (χ2n) is 6.71. The number of benzene rings is 2. The van der Waals surface area contributed by atoms with Crippen molar-refractivity contribution in [3.63, 3.8) is 0 Å². The van der Waals surface area contributed by atoms with Gasteiger partial charge in [0.1, 0.15) is 0 Å². The van der Waals surface area contributed by atoms with Crippen molar-refractivity contribution in [2.24, 2.45) is 0 Å². The number of nitrogens with zero attached hydrogens (tertiary/aromatic N) is 1. The zero-order valence-electron chi connectivity index (χ0n) is 16.4. The number of sulfonamides is 1. The minimum absolute atomic E-state index is 0.168. The largest absolute Gasteiger partial charge is 0.493 e. The molecule has 0 saturated heterocycles. The number of carbonyl (C=O) groups excluding carboxylic acids is 1. The summed E-state index contributed by atoms with van der Waals surface area (Å²) in [6, 6.07) is 10.1. The highest BCUT2D eigenvalue weighted by molar-refractivity contribution is 7.92. The maximum absolute atomic E-state index is 12.7. The van der Waals surface area contributed by atoms with E-state index in [-0.39, 0.29) is 11.9 Å². The van der Waals surface area contributed by atoms with E-state index in [4.69, 9.17) is 9.47 Å². The van der Waals surface area contributed by atoms with Crippen LogP contribution in [-0.2, 0) is 16.4 Å². The Morgan fingerprint density at radius 3 is 2.61 bits per heavy atom. The molecule has 0 unspecified atom stereocenters. The van der Waals surface area contributed by atoms with Gasteiger partial charge < -0.3 is 14.8 Å². The molecule has 2 aromatic carbocycles. The fourth-order valence-corrected chi connectivity index (χ4v) is 4.74. The number of fused-ring (bicyclic) bond motifs is 1. The molecule has 0 aromatic heterocycles. The molecule has 1 N–H and O–H groups in total. The van der Waals surface area contributed by atoms with Gasteiger partial charge in [0.05, 0.1) is 25.7 Å². The third kappa shape index (κ3) is 3.91. The Morgan fingerprint density at radius 2 is 1.96 bits per heavy atom. The molecule has 0 fully saturated rings. The summed E-state index contributed by atoms with van der Waals surface area (Å²) >= 11 is 0. The van der Waals surface area contributed by atoms with E-state index < -0.39 is 10.0 Å². The first-order chi connectivity index (χ1) is 13.2. The maximum atomic E-state index is 12.7. The molecule has 28 heavy (non-hydrogen) atoms. The lowest BCUT2D eigenvalue weighted by Crippen LogP contribution is -2.34. The molecule has 2 aromatic rings. The first-order valence-corrected chi connectivity index (χ1v) is 10.8. The molecule has 1 aliphatic rings. The fourth-order valence-electron chi connectivity index (χ4n) is 3.47. The van der Waals surface area contributed by atoms with E-state index in [0.717, 1.165) is 5.56 Å². The number of ether oxygens (including phenoxy) is 2. The summed E-state index contributed by atoms with van der Waals surface area (Å²) in [6.07, 6.45) is 1.76. The highest BCUT2D eigenvalue weighted by Gasteiger charge is 2.32. The van der Waals surface area contributed by atoms with Crippen LogP contribution in [0.1, 0.15) is 29.8 Å². The first kappa shape index (κ1) is 20.0. The van der Waals surface area contributed by atoms with E-state index in [0.29, 0.717) is 41.5 Å². The molecule has 0 spiro atoms. The van der Waals surface area contributed by atoms with Crippen LogP contribution >= 0.6 is 0 Å². The van der Waals surface area contributed by atoms with Crippen molar-refractivity contribution < 1.29 is 22.7 Å². The van der Waals surface area contributed by atoms with Crippen molar-refractivity contribution in [1.82, 2.24) is 0 Å². The number of carbonyl (C=O) groups is 1. The monoisotopic (exact) mass is 404 g/mol. The molecule has 1 heterocycles. The molecule has 8 heteroatoms. The Labute approximate surface area is 165 Å². The summed E-state index contributed by atoms with van der Waals surface area (Å²) in [6.45, 7) is 4.25. The van der Waals surface area contributed by atoms with E-state index in [2.05, 4.69) is 5.32 Å². The Hall–Kier alpha value is -2.74. The summed E-state index contributed by atoms with van der Waals surface area (Å²) in [7, 11) is -1.82. The minimum atomic E-state index is -3.36. The van der Waals surface area contributed by atoms with E-state index in [1.165, 1.54) is 10.6 Å². The Balaban J connectivity index is 1.82. The van der Waals surface area contributed by atoms with Crippen molar-refractivity contribution in [3.8, 4) is 11.5 Å². The van der Waals surface area contributed by atoms with Gasteiger partial charge in [-0.1, -0.05) is 0 Å². The first-order valence-electron chi connectivity index (χ1n) is 8.99. The second-order valence-corrected chi connectivity index (χ2v) is 8.57. The number of hydrogen-bond donors (Lipinski definition) is 1. The van der Waals surface area contributed by atoms with Crippen molar-refractivity contribution >= 4 is 27.3 Å². The number of anilines is 2. The van der Waals surface area contributed by atoms with Crippen LogP contribution in [0.3, 0.4) is 0 Å². The minimum Gasteiger partial charge on any atom is -0.493 e. The number of hydrogen-bond acceptors (Lipinski definition) is 5. The highest BCUT2D eigenvalue weighted by atomic mass is 32.2. The van der Waals surface area contributed by atoms with Crippen LogP contribution in [0.4, 0.5) is 11.4 Å². The summed E-state index contributed by atoms with van der Waals surface area (Å²) in [5.41, 5.74) is 2.52. The lowest BCUT2D eigenvalue weighted by Gasteiger charge is -2.21. The third-order valence-corrected chi connectivity index (χ3v) is 5.84. The summed E-state index contributed by atoms with van der Waals surface area (Å²) in [4.78, 5) is 12.7. The predicted octanol–water partition coefficient (Wildman–Crippen LogP) is 3.06. The van der Waals surface area contributed by atoms with Crippen molar-refractivity contribution in [1.29, 1.82) is 0 Å². The Kier molecular flexibility index (Phi) is 5.51. The van der Waals surface area contributed by atoms with Crippen molar-refractivity contribution in [2.45, 2.75) is 26.3 Å². The van der Waals surface area contributed by atoms with Crippen LogP contribution in [0.25, 0.3) is 0 Å². The quantitative estimate of drug-likeness (QED) is 0.800. The lowest BCUT2D eigenvalue weighted by atomic mass is 10.1. The zero-order chi connectivity index (χ0) is 20.5. The number of nitrogens with one attached hydrogen (secondary N) is 1. The van der Waals surface area contributed by atoms with Gasteiger partial charge in [-0.15, -0.1) is 0 Å². The van der Waals surface area contributed by atoms with Crippen LogP contribution in [0, 0.1) is 0 Å². The maximum Gasteiger partial charge on any atom is 0.255 e. The highest BCUT2D eigenvalue weighted by Crippen LogP contribution is 2.35. The molecule has 1 atom stereocenters. The van der Waals surface area contributed by atoms with Gasteiger partial charge in [-0.3, -0.25) is 9.10 Å². The van der Waals surface area contributed by atoms with Gasteiger partial charge in [0.2, 0.25) is 10.0 Å². The average Bonchev–Trinajstić information content (AvgIpc) is 2.98. The lowest BCUT2D eigenvalue weighted by molar-refractivity contribution is 0.102. The van der Waals surface area contributed by atoms with Gasteiger partial charge in [0.15, 0.2) is 11.5 Å². The van der Waals surface area contributed by atoms with Crippen molar-refractivity contribution in [2.75, 3.05) is 29.6 Å². The van der Waals surface area contributed by atoms with Gasteiger partial charge in [0.25, 0.3) is 5.91 Å². The van der Waals surface area contributed by atoms with E-state index >= 15 is 0 Å². The molecule has 1 aliphatic heterocycles.